The number of ketones is 1. The fourth-order valence-corrected chi connectivity index (χ4v) is 2.32. The molecule has 1 aromatic heterocycles. The third kappa shape index (κ3) is 2.62. The van der Waals surface area contributed by atoms with Gasteiger partial charge < -0.3 is 5.11 Å². The molecule has 1 aromatic carbocycles. The van der Waals surface area contributed by atoms with E-state index in [-0.39, 0.29) is 16.5 Å². The van der Waals surface area contributed by atoms with E-state index in [1.54, 1.807) is 18.2 Å². The zero-order chi connectivity index (χ0) is 12.4. The molecule has 4 nitrogen and oxygen atoms in total. The average molecular weight is 249 g/mol. The Morgan fingerprint density at radius 3 is 2.82 bits per heavy atom. The number of nitrogens with one attached hydrogen (secondary N) is 1. The van der Waals surface area contributed by atoms with Crippen molar-refractivity contribution in [3.63, 3.8) is 0 Å². The van der Waals surface area contributed by atoms with E-state index >= 15 is 0 Å². The minimum Gasteiger partial charge on any atom is -0.494 e. The summed E-state index contributed by atoms with van der Waals surface area (Å²) < 4.78 is 0. The molecule has 0 saturated carbocycles. The van der Waals surface area contributed by atoms with Crippen LogP contribution in [-0.2, 0) is 6.42 Å². The summed E-state index contributed by atoms with van der Waals surface area (Å²) in [4.78, 5) is 24.9. The van der Waals surface area contributed by atoms with E-state index in [1.807, 2.05) is 6.07 Å². The van der Waals surface area contributed by atoms with Gasteiger partial charge >= 0.3 is 4.87 Å². The lowest BCUT2D eigenvalue weighted by atomic mass is 10.1. The van der Waals surface area contributed by atoms with Gasteiger partial charge in [-0.1, -0.05) is 29.5 Å². The monoisotopic (exact) mass is 249 g/mol. The van der Waals surface area contributed by atoms with Crippen LogP contribution in [0.25, 0.3) is 0 Å². The molecule has 0 unspecified atom stereocenters. The summed E-state index contributed by atoms with van der Waals surface area (Å²) in [6.45, 7) is 1.51. The highest BCUT2D eigenvalue weighted by Gasteiger charge is 2.08. The predicted molar refractivity (Wildman–Crippen MR) is 65.9 cm³/mol. The number of carbonyl (C=O) groups excluding carboxylic acids is 1. The third-order valence-electron chi connectivity index (χ3n) is 2.40. The summed E-state index contributed by atoms with van der Waals surface area (Å²) >= 11 is 0.977. The number of aromatic amines is 1. The fourth-order valence-electron chi connectivity index (χ4n) is 1.56. The first-order valence-corrected chi connectivity index (χ1v) is 5.89. The third-order valence-corrected chi connectivity index (χ3v) is 3.27. The van der Waals surface area contributed by atoms with Gasteiger partial charge in [0.25, 0.3) is 0 Å². The van der Waals surface area contributed by atoms with Gasteiger partial charge in [0.1, 0.15) is 0 Å². The highest BCUT2D eigenvalue weighted by atomic mass is 32.1. The Morgan fingerprint density at radius 1 is 1.47 bits per heavy atom. The first-order valence-electron chi connectivity index (χ1n) is 5.07. The molecular weight excluding hydrogens is 238 g/mol. The number of rotatable bonds is 3. The van der Waals surface area contributed by atoms with Gasteiger partial charge in [-0.15, -0.1) is 0 Å². The van der Waals surface area contributed by atoms with Crippen LogP contribution in [0, 0.1) is 0 Å². The minimum atomic E-state index is -0.278. The normalized spacial score (nSPS) is 10.4. The lowest BCUT2D eigenvalue weighted by Crippen LogP contribution is -1.94. The van der Waals surface area contributed by atoms with Gasteiger partial charge in [0.2, 0.25) is 5.88 Å². The summed E-state index contributed by atoms with van der Waals surface area (Å²) in [5.74, 6) is -0.0912. The van der Waals surface area contributed by atoms with Crippen molar-refractivity contribution in [3.05, 3.63) is 49.9 Å². The number of carbonyl (C=O) groups is 1. The molecule has 0 atom stereocenters. The van der Waals surface area contributed by atoms with Gasteiger partial charge in [-0.25, -0.2) is 0 Å². The summed E-state index contributed by atoms with van der Waals surface area (Å²) in [6.07, 6.45) is 0.441. The summed E-state index contributed by atoms with van der Waals surface area (Å²) in [5, 5.41) is 9.46. The fraction of sp³-hybridized carbons (Fsp3) is 0.167. The lowest BCUT2D eigenvalue weighted by Gasteiger charge is -2.01. The molecule has 2 N–H and O–H groups in total. The van der Waals surface area contributed by atoms with E-state index in [0.29, 0.717) is 16.9 Å². The zero-order valence-electron chi connectivity index (χ0n) is 9.19. The van der Waals surface area contributed by atoms with Crippen molar-refractivity contribution in [2.45, 2.75) is 13.3 Å². The number of aromatic nitrogens is 1. The second-order valence-corrected chi connectivity index (χ2v) is 4.79. The standard InChI is InChI=1S/C12H11NO3S/c1-7(14)9-4-2-3-8(5-9)6-10-11(15)13-12(16)17-10/h2-5,15H,6H2,1H3,(H,13,16). The van der Waals surface area contributed by atoms with E-state index in [9.17, 15) is 14.7 Å². The van der Waals surface area contributed by atoms with E-state index in [2.05, 4.69) is 4.98 Å². The second kappa shape index (κ2) is 4.55. The molecule has 0 fully saturated rings. The second-order valence-electron chi connectivity index (χ2n) is 3.72. The number of thiazole rings is 1. The molecule has 1 heterocycles. The molecular formula is C12H11NO3S. The van der Waals surface area contributed by atoms with Gasteiger partial charge in [0.05, 0.1) is 4.88 Å². The van der Waals surface area contributed by atoms with Crippen molar-refractivity contribution in [2.24, 2.45) is 0 Å². The molecule has 2 aromatic rings. The predicted octanol–water partition coefficient (Wildman–Crippen LogP) is 1.94. The van der Waals surface area contributed by atoms with Crippen LogP contribution < -0.4 is 4.87 Å². The molecule has 2 rings (SSSR count). The van der Waals surface area contributed by atoms with Crippen LogP contribution in [0.15, 0.2) is 29.1 Å². The zero-order valence-corrected chi connectivity index (χ0v) is 10.0. The first kappa shape index (κ1) is 11.6. The van der Waals surface area contributed by atoms with Crippen molar-refractivity contribution in [1.82, 2.24) is 4.98 Å². The van der Waals surface area contributed by atoms with Crippen molar-refractivity contribution >= 4 is 17.1 Å². The van der Waals surface area contributed by atoms with Gasteiger partial charge in [0, 0.05) is 12.0 Å². The number of benzene rings is 1. The molecule has 0 radical (unpaired) electrons. The number of H-pyrrole nitrogens is 1. The molecule has 0 amide bonds. The van der Waals surface area contributed by atoms with Gasteiger partial charge in [-0.05, 0) is 18.6 Å². The Labute approximate surface area is 102 Å². The molecule has 0 saturated heterocycles. The van der Waals surface area contributed by atoms with Crippen LogP contribution in [0.2, 0.25) is 0 Å². The number of Topliss-reactive ketones (excluding diaryl/α,β-unsaturated/α-hetero) is 1. The highest BCUT2D eigenvalue weighted by molar-refractivity contribution is 7.09. The van der Waals surface area contributed by atoms with Crippen molar-refractivity contribution in [2.75, 3.05) is 0 Å². The average Bonchev–Trinajstić information content (AvgIpc) is 2.58. The van der Waals surface area contributed by atoms with Gasteiger partial charge in [0.15, 0.2) is 5.78 Å². The van der Waals surface area contributed by atoms with Crippen LogP contribution in [0.4, 0.5) is 0 Å². The van der Waals surface area contributed by atoms with E-state index in [4.69, 9.17) is 0 Å². The van der Waals surface area contributed by atoms with Gasteiger partial charge in [-0.2, -0.15) is 0 Å². The van der Waals surface area contributed by atoms with Crippen LogP contribution >= 0.6 is 11.3 Å². The van der Waals surface area contributed by atoms with Crippen LogP contribution in [0.1, 0.15) is 27.7 Å². The van der Waals surface area contributed by atoms with Crippen LogP contribution in [0.5, 0.6) is 5.88 Å². The Kier molecular flexibility index (Phi) is 3.10. The molecule has 0 spiro atoms. The molecule has 0 aliphatic carbocycles. The van der Waals surface area contributed by atoms with E-state index in [1.165, 1.54) is 6.92 Å². The first-order chi connectivity index (χ1) is 8.06. The summed E-state index contributed by atoms with van der Waals surface area (Å²) in [7, 11) is 0. The molecule has 88 valence electrons. The van der Waals surface area contributed by atoms with Crippen molar-refractivity contribution in [3.8, 4) is 5.88 Å². The Morgan fingerprint density at radius 2 is 2.24 bits per heavy atom. The number of hydrogen-bond acceptors (Lipinski definition) is 4. The quantitative estimate of drug-likeness (QED) is 0.817. The SMILES string of the molecule is CC(=O)c1cccc(Cc2sc(=O)[nH]c2O)c1. The maximum atomic E-state index is 11.2. The Bertz CT molecular complexity index is 612. The van der Waals surface area contributed by atoms with Crippen LogP contribution in [0.3, 0.4) is 0 Å². The van der Waals surface area contributed by atoms with Crippen molar-refractivity contribution < 1.29 is 9.90 Å². The molecule has 0 aliphatic heterocycles. The Hall–Kier alpha value is -1.88. The highest BCUT2D eigenvalue weighted by Crippen LogP contribution is 2.20. The Balaban J connectivity index is 2.30. The topological polar surface area (TPSA) is 70.2 Å². The maximum Gasteiger partial charge on any atom is 0.307 e. The summed E-state index contributed by atoms with van der Waals surface area (Å²) in [5.41, 5.74) is 1.52. The van der Waals surface area contributed by atoms with Crippen molar-refractivity contribution in [1.29, 1.82) is 0 Å². The summed E-state index contributed by atoms with van der Waals surface area (Å²) in [6, 6.07) is 7.16. The largest absolute Gasteiger partial charge is 0.494 e. The molecule has 17 heavy (non-hydrogen) atoms. The van der Waals surface area contributed by atoms with Gasteiger partial charge in [-0.3, -0.25) is 14.6 Å². The lowest BCUT2D eigenvalue weighted by molar-refractivity contribution is 0.101. The van der Waals surface area contributed by atoms with E-state index in [0.717, 1.165) is 16.9 Å². The molecule has 0 bridgehead atoms. The minimum absolute atomic E-state index is 0.00155. The molecule has 0 aliphatic rings. The van der Waals surface area contributed by atoms with E-state index < -0.39 is 0 Å². The number of hydrogen-bond donors (Lipinski definition) is 2. The number of aromatic hydroxyl groups is 1. The maximum absolute atomic E-state index is 11.2. The van der Waals surface area contributed by atoms with Crippen LogP contribution in [-0.4, -0.2) is 15.9 Å². The smallest absolute Gasteiger partial charge is 0.307 e. The molecule has 5 heteroatoms.